The second kappa shape index (κ2) is 7.32. The SMILES string of the molecule is CC(C)(C)OC(=O)NCc1ccc(-c2cc(Cl)ccc2Cl)c(N)c1. The van der Waals surface area contributed by atoms with Crippen LogP contribution >= 0.6 is 23.2 Å². The zero-order valence-corrected chi connectivity index (χ0v) is 15.3. The van der Waals surface area contributed by atoms with Crippen molar-refractivity contribution in [3.8, 4) is 11.1 Å². The summed E-state index contributed by atoms with van der Waals surface area (Å²) in [4.78, 5) is 11.7. The molecule has 0 saturated carbocycles. The van der Waals surface area contributed by atoms with Gasteiger partial charge in [-0.15, -0.1) is 0 Å². The Balaban J connectivity index is 2.13. The normalized spacial score (nSPS) is 11.2. The number of carbonyl (C=O) groups is 1. The van der Waals surface area contributed by atoms with Crippen molar-refractivity contribution in [2.75, 3.05) is 5.73 Å². The van der Waals surface area contributed by atoms with E-state index in [1.807, 2.05) is 32.9 Å². The third-order valence-electron chi connectivity index (χ3n) is 3.17. The molecule has 0 aliphatic rings. The molecule has 0 bridgehead atoms. The summed E-state index contributed by atoms with van der Waals surface area (Å²) in [6, 6.07) is 10.8. The number of nitrogen functional groups attached to an aromatic ring is 1. The fraction of sp³-hybridized carbons (Fsp3) is 0.278. The number of halogens is 2. The smallest absolute Gasteiger partial charge is 0.407 e. The fourth-order valence-corrected chi connectivity index (χ4v) is 2.55. The number of hydrogen-bond acceptors (Lipinski definition) is 3. The van der Waals surface area contributed by atoms with E-state index in [4.69, 9.17) is 33.7 Å². The zero-order chi connectivity index (χ0) is 17.9. The second-order valence-corrected chi connectivity index (χ2v) is 7.24. The number of nitrogens with two attached hydrogens (primary N) is 1. The summed E-state index contributed by atoms with van der Waals surface area (Å²) < 4.78 is 5.20. The van der Waals surface area contributed by atoms with Crippen LogP contribution in [0.2, 0.25) is 10.0 Å². The molecular formula is C18H20Cl2N2O2. The number of benzene rings is 2. The van der Waals surface area contributed by atoms with E-state index in [1.54, 1.807) is 24.3 Å². The molecule has 0 spiro atoms. The quantitative estimate of drug-likeness (QED) is 0.727. The molecule has 0 radical (unpaired) electrons. The first-order valence-electron chi connectivity index (χ1n) is 7.46. The van der Waals surface area contributed by atoms with Gasteiger partial charge in [0, 0.05) is 33.4 Å². The Labute approximate surface area is 151 Å². The highest BCUT2D eigenvalue weighted by molar-refractivity contribution is 6.35. The molecule has 2 rings (SSSR count). The minimum atomic E-state index is -0.531. The first kappa shape index (κ1) is 18.4. The van der Waals surface area contributed by atoms with Crippen molar-refractivity contribution in [3.63, 3.8) is 0 Å². The molecule has 0 saturated heterocycles. The Morgan fingerprint density at radius 3 is 2.46 bits per heavy atom. The van der Waals surface area contributed by atoms with Crippen LogP contribution in [0.25, 0.3) is 11.1 Å². The lowest BCUT2D eigenvalue weighted by Crippen LogP contribution is -2.32. The van der Waals surface area contributed by atoms with Crippen LogP contribution in [0.4, 0.5) is 10.5 Å². The van der Waals surface area contributed by atoms with Crippen molar-refractivity contribution in [2.45, 2.75) is 32.9 Å². The third kappa shape index (κ3) is 5.05. The van der Waals surface area contributed by atoms with Gasteiger partial charge >= 0.3 is 6.09 Å². The molecule has 4 nitrogen and oxygen atoms in total. The van der Waals surface area contributed by atoms with Gasteiger partial charge in [0.25, 0.3) is 0 Å². The molecule has 0 unspecified atom stereocenters. The van der Waals surface area contributed by atoms with Crippen LogP contribution in [0.1, 0.15) is 26.3 Å². The predicted molar refractivity (Wildman–Crippen MR) is 99.4 cm³/mol. The maximum Gasteiger partial charge on any atom is 0.407 e. The lowest BCUT2D eigenvalue weighted by atomic mass is 10.0. The first-order valence-corrected chi connectivity index (χ1v) is 8.22. The summed E-state index contributed by atoms with van der Waals surface area (Å²) in [5, 5.41) is 3.86. The molecule has 0 aromatic heterocycles. The van der Waals surface area contributed by atoms with Crippen LogP contribution < -0.4 is 11.1 Å². The van der Waals surface area contributed by atoms with Gasteiger partial charge in [-0.05, 0) is 50.6 Å². The highest BCUT2D eigenvalue weighted by atomic mass is 35.5. The molecule has 0 fully saturated rings. The van der Waals surface area contributed by atoms with Gasteiger partial charge < -0.3 is 15.8 Å². The van der Waals surface area contributed by atoms with Crippen molar-refractivity contribution in [3.05, 3.63) is 52.0 Å². The summed E-state index contributed by atoms with van der Waals surface area (Å²) in [6.07, 6.45) is -0.469. The molecule has 2 aromatic rings. The summed E-state index contributed by atoms with van der Waals surface area (Å²) in [6.45, 7) is 5.76. The number of ether oxygens (including phenoxy) is 1. The molecule has 0 aliphatic heterocycles. The average molecular weight is 367 g/mol. The number of rotatable bonds is 3. The van der Waals surface area contributed by atoms with Gasteiger partial charge in [0.2, 0.25) is 0 Å². The van der Waals surface area contributed by atoms with E-state index in [9.17, 15) is 4.79 Å². The summed E-state index contributed by atoms with van der Waals surface area (Å²) >= 11 is 12.2. The number of amides is 1. The van der Waals surface area contributed by atoms with Gasteiger partial charge in [-0.1, -0.05) is 35.3 Å². The Morgan fingerprint density at radius 2 is 1.83 bits per heavy atom. The van der Waals surface area contributed by atoms with Crippen LogP contribution in [-0.2, 0) is 11.3 Å². The van der Waals surface area contributed by atoms with Crippen molar-refractivity contribution < 1.29 is 9.53 Å². The lowest BCUT2D eigenvalue weighted by Gasteiger charge is -2.19. The predicted octanol–water partition coefficient (Wildman–Crippen LogP) is 5.27. The van der Waals surface area contributed by atoms with Crippen LogP contribution in [0.3, 0.4) is 0 Å². The van der Waals surface area contributed by atoms with Gasteiger partial charge in [-0.25, -0.2) is 4.79 Å². The third-order valence-corrected chi connectivity index (χ3v) is 3.73. The molecule has 0 atom stereocenters. The zero-order valence-electron chi connectivity index (χ0n) is 13.8. The highest BCUT2D eigenvalue weighted by Crippen LogP contribution is 2.34. The van der Waals surface area contributed by atoms with Crippen LogP contribution in [0.15, 0.2) is 36.4 Å². The topological polar surface area (TPSA) is 64.3 Å². The minimum Gasteiger partial charge on any atom is -0.444 e. The van der Waals surface area contributed by atoms with E-state index in [1.165, 1.54) is 0 Å². The summed E-state index contributed by atoms with van der Waals surface area (Å²) in [7, 11) is 0. The Hall–Kier alpha value is -1.91. The molecule has 128 valence electrons. The minimum absolute atomic E-state index is 0.322. The lowest BCUT2D eigenvalue weighted by molar-refractivity contribution is 0.0523. The molecule has 24 heavy (non-hydrogen) atoms. The van der Waals surface area contributed by atoms with E-state index in [-0.39, 0.29) is 0 Å². The largest absolute Gasteiger partial charge is 0.444 e. The van der Waals surface area contributed by atoms with Gasteiger partial charge in [-0.2, -0.15) is 0 Å². The van der Waals surface area contributed by atoms with E-state index in [2.05, 4.69) is 5.32 Å². The molecule has 0 aliphatic carbocycles. The van der Waals surface area contributed by atoms with Crippen LogP contribution in [0, 0.1) is 0 Å². The maximum atomic E-state index is 11.7. The fourth-order valence-electron chi connectivity index (χ4n) is 2.16. The van der Waals surface area contributed by atoms with Gasteiger partial charge in [0.1, 0.15) is 5.60 Å². The van der Waals surface area contributed by atoms with Crippen molar-refractivity contribution in [1.29, 1.82) is 0 Å². The summed E-state index contributed by atoms with van der Waals surface area (Å²) in [5.74, 6) is 0. The Morgan fingerprint density at radius 1 is 1.12 bits per heavy atom. The number of nitrogens with one attached hydrogen (secondary N) is 1. The molecule has 0 heterocycles. The standard InChI is InChI=1S/C18H20Cl2N2O2/c1-18(2,3)24-17(23)22-10-11-4-6-13(16(21)8-11)14-9-12(19)5-7-15(14)20/h4-9H,10,21H2,1-3H3,(H,22,23). The molecule has 3 N–H and O–H groups in total. The Bertz CT molecular complexity index is 755. The Kier molecular flexibility index (Phi) is 5.62. The van der Waals surface area contributed by atoms with E-state index >= 15 is 0 Å². The molecule has 2 aromatic carbocycles. The second-order valence-electron chi connectivity index (χ2n) is 6.40. The number of alkyl carbamates (subject to hydrolysis) is 1. The molecule has 6 heteroatoms. The van der Waals surface area contributed by atoms with Crippen molar-refractivity contribution in [1.82, 2.24) is 5.32 Å². The van der Waals surface area contributed by atoms with Crippen LogP contribution in [0.5, 0.6) is 0 Å². The molecular weight excluding hydrogens is 347 g/mol. The van der Waals surface area contributed by atoms with Crippen molar-refractivity contribution >= 4 is 35.0 Å². The monoisotopic (exact) mass is 366 g/mol. The van der Waals surface area contributed by atoms with Gasteiger partial charge in [0.15, 0.2) is 0 Å². The first-order chi connectivity index (χ1) is 11.2. The average Bonchev–Trinajstić information content (AvgIpc) is 2.46. The molecule has 1 amide bonds. The van der Waals surface area contributed by atoms with E-state index in [0.29, 0.717) is 22.3 Å². The maximum absolute atomic E-state index is 11.7. The summed E-state index contributed by atoms with van der Waals surface area (Å²) in [5.41, 5.74) is 8.59. The van der Waals surface area contributed by atoms with Gasteiger partial charge in [-0.3, -0.25) is 0 Å². The van der Waals surface area contributed by atoms with Crippen LogP contribution in [-0.4, -0.2) is 11.7 Å². The van der Waals surface area contributed by atoms with E-state index in [0.717, 1.165) is 16.7 Å². The van der Waals surface area contributed by atoms with Gasteiger partial charge in [0.05, 0.1) is 0 Å². The highest BCUT2D eigenvalue weighted by Gasteiger charge is 2.16. The number of carbonyl (C=O) groups excluding carboxylic acids is 1. The van der Waals surface area contributed by atoms with Crippen molar-refractivity contribution in [2.24, 2.45) is 0 Å². The number of anilines is 1. The number of hydrogen-bond donors (Lipinski definition) is 2. The van der Waals surface area contributed by atoms with E-state index < -0.39 is 11.7 Å².